The molecule has 0 bridgehead atoms. The Morgan fingerprint density at radius 1 is 1.25 bits per heavy atom. The minimum absolute atomic E-state index is 0.286. The van der Waals surface area contributed by atoms with Gasteiger partial charge in [0, 0.05) is 13.2 Å². The molecule has 2 N–H and O–H groups in total. The van der Waals surface area contributed by atoms with Gasteiger partial charge in [-0.25, -0.2) is 0 Å². The number of hydrogen-bond acceptors (Lipinski definition) is 2. The van der Waals surface area contributed by atoms with Crippen molar-refractivity contribution >= 4 is 0 Å². The summed E-state index contributed by atoms with van der Waals surface area (Å²) in [5.74, 6) is 0.541. The van der Waals surface area contributed by atoms with Crippen LogP contribution in [0.5, 0.6) is 0 Å². The van der Waals surface area contributed by atoms with Crippen molar-refractivity contribution in [1.82, 2.24) is 5.32 Å². The first kappa shape index (κ1) is 13.2. The van der Waals surface area contributed by atoms with Gasteiger partial charge in [-0.2, -0.15) is 0 Å². The van der Waals surface area contributed by atoms with Gasteiger partial charge in [0.25, 0.3) is 0 Å². The van der Waals surface area contributed by atoms with E-state index in [4.69, 9.17) is 5.11 Å². The first-order valence-electron chi connectivity index (χ1n) is 6.16. The summed E-state index contributed by atoms with van der Waals surface area (Å²) in [6, 6.07) is 8.56. The molecule has 2 nitrogen and oxygen atoms in total. The number of nitrogens with one attached hydrogen (secondary N) is 1. The minimum atomic E-state index is 0.286. The van der Waals surface area contributed by atoms with Crippen molar-refractivity contribution in [3.05, 3.63) is 35.4 Å². The van der Waals surface area contributed by atoms with Crippen molar-refractivity contribution in [2.75, 3.05) is 13.2 Å². The average Bonchev–Trinajstić information content (AvgIpc) is 2.30. The molecule has 1 aromatic rings. The fourth-order valence-electron chi connectivity index (χ4n) is 1.85. The quantitative estimate of drug-likeness (QED) is 0.741. The number of benzene rings is 1. The first-order valence-corrected chi connectivity index (χ1v) is 6.16. The molecule has 1 rings (SSSR count). The molecule has 1 atom stereocenters. The van der Waals surface area contributed by atoms with Crippen LogP contribution in [0.15, 0.2) is 24.3 Å². The van der Waals surface area contributed by atoms with Crippen LogP contribution in [0.4, 0.5) is 0 Å². The van der Waals surface area contributed by atoms with Crippen molar-refractivity contribution in [3.63, 3.8) is 0 Å². The summed E-state index contributed by atoms with van der Waals surface area (Å²) >= 11 is 0. The van der Waals surface area contributed by atoms with Crippen LogP contribution >= 0.6 is 0 Å². The molecule has 0 aromatic heterocycles. The van der Waals surface area contributed by atoms with Gasteiger partial charge in [0.15, 0.2) is 0 Å². The number of hydrogen-bond donors (Lipinski definition) is 2. The van der Waals surface area contributed by atoms with Gasteiger partial charge < -0.3 is 10.4 Å². The standard InChI is InChI=1S/C14H23NO/c1-3-13-6-4-5-7-14(13)11-15-10-12(2)8-9-16/h4-7,12,15-16H,3,8-11H2,1-2H3. The van der Waals surface area contributed by atoms with Crippen molar-refractivity contribution in [3.8, 4) is 0 Å². The van der Waals surface area contributed by atoms with Gasteiger partial charge in [-0.3, -0.25) is 0 Å². The molecule has 0 amide bonds. The highest BCUT2D eigenvalue weighted by Gasteiger charge is 2.02. The second-order valence-corrected chi connectivity index (χ2v) is 4.37. The third-order valence-corrected chi connectivity index (χ3v) is 2.93. The highest BCUT2D eigenvalue weighted by Crippen LogP contribution is 2.09. The Hall–Kier alpha value is -0.860. The SMILES string of the molecule is CCc1ccccc1CNCC(C)CCO. The van der Waals surface area contributed by atoms with Crippen LogP contribution in [0.3, 0.4) is 0 Å². The van der Waals surface area contributed by atoms with Crippen LogP contribution in [0, 0.1) is 5.92 Å². The number of aliphatic hydroxyl groups excluding tert-OH is 1. The molecule has 0 spiro atoms. The molecular formula is C14H23NO. The van der Waals surface area contributed by atoms with E-state index in [9.17, 15) is 0 Å². The molecule has 0 aliphatic rings. The second-order valence-electron chi connectivity index (χ2n) is 4.37. The molecule has 90 valence electrons. The fraction of sp³-hybridized carbons (Fsp3) is 0.571. The summed E-state index contributed by atoms with van der Waals surface area (Å²) in [5, 5.41) is 12.3. The molecular weight excluding hydrogens is 198 g/mol. The maximum Gasteiger partial charge on any atom is 0.0434 e. The summed E-state index contributed by atoms with van der Waals surface area (Å²) in [6.45, 7) is 6.54. The third kappa shape index (κ3) is 4.33. The zero-order chi connectivity index (χ0) is 11.8. The summed E-state index contributed by atoms with van der Waals surface area (Å²) in [6.07, 6.45) is 1.96. The number of rotatable bonds is 7. The Balaban J connectivity index is 2.36. The summed E-state index contributed by atoms with van der Waals surface area (Å²) in [5.41, 5.74) is 2.81. The molecule has 1 unspecified atom stereocenters. The molecule has 0 fully saturated rings. The van der Waals surface area contributed by atoms with Gasteiger partial charge in [0.1, 0.15) is 0 Å². The van der Waals surface area contributed by atoms with E-state index in [0.717, 1.165) is 25.9 Å². The van der Waals surface area contributed by atoms with Gasteiger partial charge in [0.05, 0.1) is 0 Å². The topological polar surface area (TPSA) is 32.3 Å². The smallest absolute Gasteiger partial charge is 0.0434 e. The molecule has 0 aliphatic heterocycles. The summed E-state index contributed by atoms with van der Waals surface area (Å²) in [7, 11) is 0. The highest BCUT2D eigenvalue weighted by molar-refractivity contribution is 5.26. The largest absolute Gasteiger partial charge is 0.396 e. The van der Waals surface area contributed by atoms with Crippen LogP contribution in [-0.4, -0.2) is 18.3 Å². The maximum atomic E-state index is 8.81. The Kier molecular flexibility index (Phi) is 6.12. The zero-order valence-electron chi connectivity index (χ0n) is 10.4. The van der Waals surface area contributed by atoms with Crippen molar-refractivity contribution in [2.24, 2.45) is 5.92 Å². The molecule has 0 radical (unpaired) electrons. The van der Waals surface area contributed by atoms with Gasteiger partial charge in [-0.1, -0.05) is 38.1 Å². The molecule has 1 aromatic carbocycles. The molecule has 0 saturated carbocycles. The Morgan fingerprint density at radius 2 is 1.94 bits per heavy atom. The normalized spacial score (nSPS) is 12.7. The Morgan fingerprint density at radius 3 is 2.56 bits per heavy atom. The summed E-state index contributed by atoms with van der Waals surface area (Å²) in [4.78, 5) is 0. The molecule has 0 saturated heterocycles. The van der Waals surface area contributed by atoms with Crippen LogP contribution in [-0.2, 0) is 13.0 Å². The lowest BCUT2D eigenvalue weighted by molar-refractivity contribution is 0.260. The van der Waals surface area contributed by atoms with E-state index in [1.807, 2.05) is 0 Å². The predicted molar refractivity (Wildman–Crippen MR) is 68.4 cm³/mol. The Bertz CT molecular complexity index is 299. The van der Waals surface area contributed by atoms with Crippen LogP contribution in [0.25, 0.3) is 0 Å². The third-order valence-electron chi connectivity index (χ3n) is 2.93. The first-order chi connectivity index (χ1) is 7.77. The van der Waals surface area contributed by atoms with Gasteiger partial charge in [-0.15, -0.1) is 0 Å². The van der Waals surface area contributed by atoms with Gasteiger partial charge >= 0.3 is 0 Å². The molecule has 16 heavy (non-hydrogen) atoms. The molecule has 0 heterocycles. The second kappa shape index (κ2) is 7.42. The van der Waals surface area contributed by atoms with E-state index in [0.29, 0.717) is 5.92 Å². The number of aliphatic hydroxyl groups is 1. The van der Waals surface area contributed by atoms with Gasteiger partial charge in [0.2, 0.25) is 0 Å². The van der Waals surface area contributed by atoms with Gasteiger partial charge in [-0.05, 0) is 36.4 Å². The van der Waals surface area contributed by atoms with E-state index in [-0.39, 0.29) is 6.61 Å². The number of aryl methyl sites for hydroxylation is 1. The monoisotopic (exact) mass is 221 g/mol. The Labute approximate surface area is 98.7 Å². The van der Waals surface area contributed by atoms with E-state index in [1.54, 1.807) is 0 Å². The lowest BCUT2D eigenvalue weighted by Gasteiger charge is -2.12. The summed E-state index contributed by atoms with van der Waals surface area (Å²) < 4.78 is 0. The zero-order valence-corrected chi connectivity index (χ0v) is 10.4. The van der Waals surface area contributed by atoms with E-state index >= 15 is 0 Å². The average molecular weight is 221 g/mol. The highest BCUT2D eigenvalue weighted by atomic mass is 16.3. The van der Waals surface area contributed by atoms with Crippen molar-refractivity contribution in [2.45, 2.75) is 33.2 Å². The minimum Gasteiger partial charge on any atom is -0.396 e. The predicted octanol–water partition coefficient (Wildman–Crippen LogP) is 2.36. The molecule has 2 heteroatoms. The van der Waals surface area contributed by atoms with E-state index in [2.05, 4.69) is 43.4 Å². The van der Waals surface area contributed by atoms with E-state index in [1.165, 1.54) is 11.1 Å². The lowest BCUT2D eigenvalue weighted by atomic mass is 10.0. The van der Waals surface area contributed by atoms with Crippen molar-refractivity contribution < 1.29 is 5.11 Å². The maximum absolute atomic E-state index is 8.81. The van der Waals surface area contributed by atoms with Crippen molar-refractivity contribution in [1.29, 1.82) is 0 Å². The molecule has 0 aliphatic carbocycles. The van der Waals surface area contributed by atoms with Crippen LogP contribution < -0.4 is 5.32 Å². The van der Waals surface area contributed by atoms with Crippen LogP contribution in [0.1, 0.15) is 31.4 Å². The van der Waals surface area contributed by atoms with Crippen LogP contribution in [0.2, 0.25) is 0 Å². The van der Waals surface area contributed by atoms with E-state index < -0.39 is 0 Å². The fourth-order valence-corrected chi connectivity index (χ4v) is 1.85. The lowest BCUT2D eigenvalue weighted by Crippen LogP contribution is -2.21.